The molecule has 1 fully saturated rings. The Labute approximate surface area is 162 Å². The molecule has 1 aromatic carbocycles. The van der Waals surface area contributed by atoms with E-state index in [9.17, 15) is 4.79 Å². The van der Waals surface area contributed by atoms with E-state index in [0.29, 0.717) is 28.9 Å². The molecule has 1 aliphatic heterocycles. The lowest BCUT2D eigenvalue weighted by atomic mass is 10.1. The lowest BCUT2D eigenvalue weighted by Gasteiger charge is -2.36. The summed E-state index contributed by atoms with van der Waals surface area (Å²) < 4.78 is 5.57. The van der Waals surface area contributed by atoms with Gasteiger partial charge in [-0.2, -0.15) is 0 Å². The molecule has 1 unspecified atom stereocenters. The first kappa shape index (κ1) is 19.8. The first-order valence-electron chi connectivity index (χ1n) is 7.63. The van der Waals surface area contributed by atoms with Gasteiger partial charge in [0.15, 0.2) is 6.61 Å². The molecule has 8 heteroatoms. The topological polar surface area (TPSA) is 54.5 Å². The number of benzene rings is 1. The Balaban J connectivity index is 0.00000225. The normalized spacial score (nSPS) is 16.9. The summed E-state index contributed by atoms with van der Waals surface area (Å²) in [6, 6.07) is 8.71. The maximum atomic E-state index is 12.6. The van der Waals surface area contributed by atoms with Gasteiger partial charge in [0, 0.05) is 43.1 Å². The molecule has 1 saturated heterocycles. The zero-order valence-corrected chi connectivity index (χ0v) is 15.7. The van der Waals surface area contributed by atoms with Crippen LogP contribution in [0.5, 0.6) is 5.75 Å². The van der Waals surface area contributed by atoms with E-state index in [1.165, 1.54) is 0 Å². The van der Waals surface area contributed by atoms with Crippen LogP contribution in [0.1, 0.15) is 11.6 Å². The molecule has 1 aliphatic rings. The molecule has 1 N–H and O–H groups in total. The Morgan fingerprint density at radius 2 is 2.20 bits per heavy atom. The van der Waals surface area contributed by atoms with Crippen molar-refractivity contribution in [2.75, 3.05) is 26.2 Å². The second-order valence-corrected chi connectivity index (χ2v) is 6.30. The third-order valence-electron chi connectivity index (χ3n) is 3.88. The molecular weight excluding hydrogens is 385 g/mol. The third kappa shape index (κ3) is 4.98. The van der Waals surface area contributed by atoms with Crippen LogP contribution < -0.4 is 10.1 Å². The van der Waals surface area contributed by atoms with Crippen LogP contribution >= 0.6 is 35.6 Å². The fraction of sp³-hybridized carbons (Fsp3) is 0.294. The number of aromatic nitrogens is 1. The summed E-state index contributed by atoms with van der Waals surface area (Å²) in [4.78, 5) is 18.6. The third-order valence-corrected chi connectivity index (χ3v) is 4.42. The van der Waals surface area contributed by atoms with Gasteiger partial charge in [0.2, 0.25) is 0 Å². The van der Waals surface area contributed by atoms with Crippen LogP contribution in [0.25, 0.3) is 0 Å². The molecule has 0 aliphatic carbocycles. The van der Waals surface area contributed by atoms with Crippen LogP contribution in [0.15, 0.2) is 42.7 Å². The fourth-order valence-corrected chi connectivity index (χ4v) is 3.02. The van der Waals surface area contributed by atoms with Crippen molar-refractivity contribution in [3.63, 3.8) is 0 Å². The summed E-state index contributed by atoms with van der Waals surface area (Å²) in [5.74, 6) is 0.312. The molecule has 0 radical (unpaired) electrons. The minimum atomic E-state index is -0.0959. The van der Waals surface area contributed by atoms with Crippen LogP contribution in [0, 0.1) is 0 Å². The lowest BCUT2D eigenvalue weighted by Crippen LogP contribution is -2.50. The average Bonchev–Trinajstić information content (AvgIpc) is 2.63. The van der Waals surface area contributed by atoms with E-state index in [2.05, 4.69) is 10.3 Å². The van der Waals surface area contributed by atoms with Crippen molar-refractivity contribution in [3.8, 4) is 5.75 Å². The first-order chi connectivity index (χ1) is 11.6. The van der Waals surface area contributed by atoms with Gasteiger partial charge in [0.25, 0.3) is 5.91 Å². The summed E-state index contributed by atoms with van der Waals surface area (Å²) in [6.07, 6.45) is 3.50. The highest BCUT2D eigenvalue weighted by atomic mass is 35.5. The Bertz CT molecular complexity index is 716. The Morgan fingerprint density at radius 1 is 1.36 bits per heavy atom. The SMILES string of the molecule is Cl.O=C(COc1cc(Cl)ccc1Cl)N1CCNCC1c1cccnc1. The molecular formula is C17H18Cl3N3O2. The molecule has 1 atom stereocenters. The van der Waals surface area contributed by atoms with Gasteiger partial charge < -0.3 is 15.0 Å². The number of pyridine rings is 1. The van der Waals surface area contributed by atoms with Crippen molar-refractivity contribution < 1.29 is 9.53 Å². The summed E-state index contributed by atoms with van der Waals surface area (Å²) in [5.41, 5.74) is 0.999. The largest absolute Gasteiger partial charge is 0.482 e. The number of ether oxygens (including phenoxy) is 1. The summed E-state index contributed by atoms with van der Waals surface area (Å²) in [7, 11) is 0. The number of rotatable bonds is 4. The van der Waals surface area contributed by atoms with Crippen LogP contribution in [0.2, 0.25) is 10.0 Å². The molecule has 0 spiro atoms. The second-order valence-electron chi connectivity index (χ2n) is 5.46. The van der Waals surface area contributed by atoms with Crippen molar-refractivity contribution >= 4 is 41.5 Å². The molecule has 0 saturated carbocycles. The predicted molar refractivity (Wildman–Crippen MR) is 101 cm³/mol. The number of amides is 1. The van der Waals surface area contributed by atoms with Crippen molar-refractivity contribution in [1.29, 1.82) is 0 Å². The summed E-state index contributed by atoms with van der Waals surface area (Å²) in [5, 5.41) is 4.25. The highest BCUT2D eigenvalue weighted by Crippen LogP contribution is 2.28. The number of carbonyl (C=O) groups excluding carboxylic acids is 1. The van der Waals surface area contributed by atoms with Crippen molar-refractivity contribution in [1.82, 2.24) is 15.2 Å². The number of nitrogens with zero attached hydrogens (tertiary/aromatic N) is 2. The minimum Gasteiger partial charge on any atom is -0.482 e. The molecule has 134 valence electrons. The van der Waals surface area contributed by atoms with Crippen LogP contribution in [0.4, 0.5) is 0 Å². The van der Waals surface area contributed by atoms with E-state index >= 15 is 0 Å². The molecule has 2 heterocycles. The summed E-state index contributed by atoms with van der Waals surface area (Å²) in [6.45, 7) is 1.97. The number of hydrogen-bond acceptors (Lipinski definition) is 4. The number of piperazine rings is 1. The molecule has 0 bridgehead atoms. The Kier molecular flexibility index (Phi) is 7.32. The number of nitrogens with one attached hydrogen (secondary N) is 1. The number of carbonyl (C=O) groups is 1. The van der Waals surface area contributed by atoms with Crippen molar-refractivity contribution in [2.24, 2.45) is 0 Å². The van der Waals surface area contributed by atoms with E-state index in [1.807, 2.05) is 17.0 Å². The van der Waals surface area contributed by atoms with Crippen molar-refractivity contribution in [3.05, 3.63) is 58.3 Å². The van der Waals surface area contributed by atoms with Crippen LogP contribution in [0.3, 0.4) is 0 Å². The van der Waals surface area contributed by atoms with E-state index in [4.69, 9.17) is 27.9 Å². The van der Waals surface area contributed by atoms with Crippen LogP contribution in [-0.4, -0.2) is 42.0 Å². The summed E-state index contributed by atoms with van der Waals surface area (Å²) >= 11 is 12.0. The van der Waals surface area contributed by atoms with Gasteiger partial charge in [-0.25, -0.2) is 0 Å². The van der Waals surface area contributed by atoms with Crippen molar-refractivity contribution in [2.45, 2.75) is 6.04 Å². The quantitative estimate of drug-likeness (QED) is 0.852. The fourth-order valence-electron chi connectivity index (χ4n) is 2.68. The smallest absolute Gasteiger partial charge is 0.261 e. The number of hydrogen-bond donors (Lipinski definition) is 1. The molecule has 3 rings (SSSR count). The minimum absolute atomic E-state index is 0. The van der Waals surface area contributed by atoms with Gasteiger partial charge in [0.05, 0.1) is 11.1 Å². The highest BCUT2D eigenvalue weighted by Gasteiger charge is 2.28. The first-order valence-corrected chi connectivity index (χ1v) is 8.38. The predicted octanol–water partition coefficient (Wildman–Crippen LogP) is 3.36. The van der Waals surface area contributed by atoms with Gasteiger partial charge in [0.1, 0.15) is 5.75 Å². The standard InChI is InChI=1S/C17H17Cl2N3O2.ClH/c18-13-3-4-14(19)16(8-13)24-11-17(23)22-7-6-21-10-15(22)12-2-1-5-20-9-12;/h1-5,8-9,15,21H,6-7,10-11H2;1H. The monoisotopic (exact) mass is 401 g/mol. The lowest BCUT2D eigenvalue weighted by molar-refractivity contribution is -0.136. The van der Waals surface area contributed by atoms with Gasteiger partial charge in [-0.05, 0) is 23.8 Å². The van der Waals surface area contributed by atoms with E-state index in [0.717, 1.165) is 12.1 Å². The van der Waals surface area contributed by atoms with E-state index in [-0.39, 0.29) is 31.0 Å². The maximum absolute atomic E-state index is 12.6. The Morgan fingerprint density at radius 3 is 2.96 bits per heavy atom. The molecule has 5 nitrogen and oxygen atoms in total. The number of halogens is 3. The van der Waals surface area contributed by atoms with Gasteiger partial charge in [-0.3, -0.25) is 9.78 Å². The second kappa shape index (κ2) is 9.25. The zero-order chi connectivity index (χ0) is 16.9. The molecule has 1 aromatic heterocycles. The van der Waals surface area contributed by atoms with Gasteiger partial charge >= 0.3 is 0 Å². The molecule has 2 aromatic rings. The average molecular weight is 403 g/mol. The molecule has 1 amide bonds. The zero-order valence-electron chi connectivity index (χ0n) is 13.3. The maximum Gasteiger partial charge on any atom is 0.261 e. The Hall–Kier alpha value is -1.53. The highest BCUT2D eigenvalue weighted by molar-refractivity contribution is 6.34. The van der Waals surface area contributed by atoms with E-state index in [1.54, 1.807) is 30.6 Å². The van der Waals surface area contributed by atoms with Gasteiger partial charge in [-0.1, -0.05) is 29.3 Å². The van der Waals surface area contributed by atoms with Gasteiger partial charge in [-0.15, -0.1) is 12.4 Å². The van der Waals surface area contributed by atoms with E-state index < -0.39 is 0 Å². The molecule has 25 heavy (non-hydrogen) atoms. The van der Waals surface area contributed by atoms with Crippen LogP contribution in [-0.2, 0) is 4.79 Å².